The summed E-state index contributed by atoms with van der Waals surface area (Å²) in [4.78, 5) is 0. The third-order valence-electron chi connectivity index (χ3n) is 2.56. The Hall–Kier alpha value is -1.02. The Morgan fingerprint density at radius 3 is 2.47 bits per heavy atom. The van der Waals surface area contributed by atoms with E-state index in [1.165, 1.54) is 5.56 Å². The summed E-state index contributed by atoms with van der Waals surface area (Å²) in [6, 6.07) is 8.17. The highest BCUT2D eigenvalue weighted by Crippen LogP contribution is 2.13. The highest BCUT2D eigenvalue weighted by molar-refractivity contribution is 5.26. The van der Waals surface area contributed by atoms with Crippen molar-refractivity contribution < 1.29 is 4.74 Å². The van der Waals surface area contributed by atoms with Gasteiger partial charge >= 0.3 is 0 Å². The van der Waals surface area contributed by atoms with E-state index in [9.17, 15) is 0 Å². The molecule has 0 spiro atoms. The Morgan fingerprint density at radius 2 is 1.87 bits per heavy atom. The van der Waals surface area contributed by atoms with Crippen LogP contribution in [0.4, 0.5) is 0 Å². The summed E-state index contributed by atoms with van der Waals surface area (Å²) in [5.41, 5.74) is 6.75. The van der Waals surface area contributed by atoms with E-state index in [1.807, 2.05) is 12.1 Å². The van der Waals surface area contributed by atoms with Crippen LogP contribution in [0.2, 0.25) is 0 Å². The van der Waals surface area contributed by atoms with Crippen molar-refractivity contribution in [2.45, 2.75) is 26.7 Å². The molecule has 1 rings (SSSR count). The van der Waals surface area contributed by atoms with E-state index >= 15 is 0 Å². The summed E-state index contributed by atoms with van der Waals surface area (Å²) in [6.07, 6.45) is 2.16. The van der Waals surface area contributed by atoms with Crippen molar-refractivity contribution in [1.82, 2.24) is 0 Å². The fraction of sp³-hybridized carbons (Fsp3) is 0.538. The first-order valence-corrected chi connectivity index (χ1v) is 5.62. The molecule has 0 saturated carbocycles. The minimum atomic E-state index is 0.653. The zero-order chi connectivity index (χ0) is 11.1. The van der Waals surface area contributed by atoms with Crippen molar-refractivity contribution >= 4 is 0 Å². The molecule has 1 atom stereocenters. The third kappa shape index (κ3) is 4.84. The molecular weight excluding hydrogens is 186 g/mol. The van der Waals surface area contributed by atoms with Gasteiger partial charge in [-0.2, -0.15) is 0 Å². The molecule has 0 aliphatic heterocycles. The number of rotatable bonds is 6. The van der Waals surface area contributed by atoms with Crippen molar-refractivity contribution in [1.29, 1.82) is 0 Å². The molecule has 0 bridgehead atoms. The van der Waals surface area contributed by atoms with Gasteiger partial charge in [0.25, 0.3) is 0 Å². The average Bonchev–Trinajstić information content (AvgIpc) is 2.21. The van der Waals surface area contributed by atoms with Crippen molar-refractivity contribution in [2.24, 2.45) is 11.7 Å². The zero-order valence-electron chi connectivity index (χ0n) is 9.70. The lowest BCUT2D eigenvalue weighted by atomic mass is 10.1. The number of hydrogen-bond donors (Lipinski definition) is 1. The summed E-state index contributed by atoms with van der Waals surface area (Å²) in [5, 5.41) is 0. The van der Waals surface area contributed by atoms with E-state index in [-0.39, 0.29) is 0 Å². The lowest BCUT2D eigenvalue weighted by molar-refractivity contribution is 0.280. The van der Waals surface area contributed by atoms with Crippen LogP contribution in [-0.2, 0) is 0 Å². The van der Waals surface area contributed by atoms with Gasteiger partial charge in [0.1, 0.15) is 5.75 Å². The van der Waals surface area contributed by atoms with Gasteiger partial charge in [-0.05, 0) is 44.4 Å². The molecule has 0 heterocycles. The molecule has 2 nitrogen and oxygen atoms in total. The van der Waals surface area contributed by atoms with E-state index < -0.39 is 0 Å². The molecule has 0 aliphatic rings. The van der Waals surface area contributed by atoms with Gasteiger partial charge in [-0.25, -0.2) is 0 Å². The SMILES string of the molecule is Cc1ccc(OCCC(C)CCN)cc1. The van der Waals surface area contributed by atoms with Gasteiger partial charge in [0.05, 0.1) is 6.61 Å². The van der Waals surface area contributed by atoms with Gasteiger partial charge < -0.3 is 10.5 Å². The molecule has 84 valence electrons. The van der Waals surface area contributed by atoms with Gasteiger partial charge in [-0.3, -0.25) is 0 Å². The van der Waals surface area contributed by atoms with Crippen LogP contribution in [0.5, 0.6) is 5.75 Å². The molecule has 1 unspecified atom stereocenters. The molecule has 0 aromatic heterocycles. The number of hydrogen-bond acceptors (Lipinski definition) is 2. The standard InChI is InChI=1S/C13H21NO/c1-11-3-5-13(6-4-11)15-10-8-12(2)7-9-14/h3-6,12H,7-10,14H2,1-2H3. The van der Waals surface area contributed by atoms with E-state index in [4.69, 9.17) is 10.5 Å². The first-order chi connectivity index (χ1) is 7.22. The van der Waals surface area contributed by atoms with Crippen LogP contribution in [0.1, 0.15) is 25.3 Å². The van der Waals surface area contributed by atoms with Crippen molar-refractivity contribution in [3.8, 4) is 5.75 Å². The maximum atomic E-state index is 5.64. The van der Waals surface area contributed by atoms with Gasteiger partial charge in [0, 0.05) is 0 Å². The van der Waals surface area contributed by atoms with Gasteiger partial charge in [0.15, 0.2) is 0 Å². The molecule has 0 amide bonds. The number of benzene rings is 1. The van der Waals surface area contributed by atoms with Crippen LogP contribution in [0.3, 0.4) is 0 Å². The molecule has 1 aromatic rings. The first kappa shape index (κ1) is 12.1. The van der Waals surface area contributed by atoms with E-state index in [0.29, 0.717) is 5.92 Å². The monoisotopic (exact) mass is 207 g/mol. The highest BCUT2D eigenvalue weighted by atomic mass is 16.5. The van der Waals surface area contributed by atoms with Gasteiger partial charge in [-0.15, -0.1) is 0 Å². The second-order valence-electron chi connectivity index (χ2n) is 4.13. The minimum Gasteiger partial charge on any atom is -0.494 e. The molecule has 2 N–H and O–H groups in total. The molecule has 2 heteroatoms. The minimum absolute atomic E-state index is 0.653. The van der Waals surface area contributed by atoms with E-state index in [0.717, 1.165) is 31.7 Å². The average molecular weight is 207 g/mol. The Labute approximate surface area is 92.4 Å². The topological polar surface area (TPSA) is 35.2 Å². The molecule has 0 aliphatic carbocycles. The maximum Gasteiger partial charge on any atom is 0.119 e. The smallest absolute Gasteiger partial charge is 0.119 e. The van der Waals surface area contributed by atoms with Crippen LogP contribution in [0, 0.1) is 12.8 Å². The number of aryl methyl sites for hydroxylation is 1. The summed E-state index contributed by atoms with van der Waals surface area (Å²) in [5.74, 6) is 1.61. The Bertz CT molecular complexity index is 268. The summed E-state index contributed by atoms with van der Waals surface area (Å²) in [6.45, 7) is 5.84. The Kier molecular flexibility index (Phi) is 5.19. The maximum absolute atomic E-state index is 5.64. The molecule has 0 fully saturated rings. The van der Waals surface area contributed by atoms with Crippen LogP contribution >= 0.6 is 0 Å². The largest absolute Gasteiger partial charge is 0.494 e. The Morgan fingerprint density at radius 1 is 1.20 bits per heavy atom. The second kappa shape index (κ2) is 6.46. The van der Waals surface area contributed by atoms with Crippen LogP contribution in [-0.4, -0.2) is 13.2 Å². The highest BCUT2D eigenvalue weighted by Gasteiger charge is 2.01. The molecule has 1 aromatic carbocycles. The quantitative estimate of drug-likeness (QED) is 0.778. The fourth-order valence-corrected chi connectivity index (χ4v) is 1.44. The molecule has 0 saturated heterocycles. The first-order valence-electron chi connectivity index (χ1n) is 5.62. The third-order valence-corrected chi connectivity index (χ3v) is 2.56. The molecule has 0 radical (unpaired) electrons. The normalized spacial score (nSPS) is 12.5. The summed E-state index contributed by atoms with van der Waals surface area (Å²) >= 11 is 0. The summed E-state index contributed by atoms with van der Waals surface area (Å²) < 4.78 is 5.64. The van der Waals surface area contributed by atoms with E-state index in [2.05, 4.69) is 26.0 Å². The predicted octanol–water partition coefficient (Wildman–Crippen LogP) is 2.75. The second-order valence-corrected chi connectivity index (χ2v) is 4.13. The van der Waals surface area contributed by atoms with Crippen LogP contribution in [0.15, 0.2) is 24.3 Å². The van der Waals surface area contributed by atoms with Gasteiger partial charge in [-0.1, -0.05) is 24.6 Å². The molecular formula is C13H21NO. The molecule has 15 heavy (non-hydrogen) atoms. The Balaban J connectivity index is 2.22. The zero-order valence-corrected chi connectivity index (χ0v) is 9.70. The predicted molar refractivity (Wildman–Crippen MR) is 64.1 cm³/mol. The lowest BCUT2D eigenvalue weighted by Crippen LogP contribution is -2.09. The number of nitrogens with two attached hydrogens (primary N) is 1. The van der Waals surface area contributed by atoms with Crippen LogP contribution in [0.25, 0.3) is 0 Å². The van der Waals surface area contributed by atoms with Crippen LogP contribution < -0.4 is 10.5 Å². The lowest BCUT2D eigenvalue weighted by Gasteiger charge is -2.11. The van der Waals surface area contributed by atoms with Crippen molar-refractivity contribution in [2.75, 3.05) is 13.2 Å². The van der Waals surface area contributed by atoms with Crippen molar-refractivity contribution in [3.63, 3.8) is 0 Å². The van der Waals surface area contributed by atoms with E-state index in [1.54, 1.807) is 0 Å². The fourth-order valence-electron chi connectivity index (χ4n) is 1.44. The summed E-state index contributed by atoms with van der Waals surface area (Å²) in [7, 11) is 0. The van der Waals surface area contributed by atoms with Crippen molar-refractivity contribution in [3.05, 3.63) is 29.8 Å². The number of ether oxygens (including phenoxy) is 1. The van der Waals surface area contributed by atoms with Gasteiger partial charge in [0.2, 0.25) is 0 Å².